The lowest BCUT2D eigenvalue weighted by Gasteiger charge is -2.14. The van der Waals surface area contributed by atoms with Crippen molar-refractivity contribution in [2.75, 3.05) is 30.8 Å². The van der Waals surface area contributed by atoms with E-state index in [0.29, 0.717) is 17.7 Å². The highest BCUT2D eigenvalue weighted by atomic mass is 32.1. The summed E-state index contributed by atoms with van der Waals surface area (Å²) in [7, 11) is 1.56. The highest BCUT2D eigenvalue weighted by Gasteiger charge is 2.18. The van der Waals surface area contributed by atoms with Crippen LogP contribution in [0.4, 0.5) is 16.4 Å². The lowest BCUT2D eigenvalue weighted by atomic mass is 10.2. The van der Waals surface area contributed by atoms with Gasteiger partial charge in [0, 0.05) is 31.4 Å². The van der Waals surface area contributed by atoms with Crippen LogP contribution >= 0.6 is 11.3 Å². The Morgan fingerprint density at radius 1 is 1.35 bits per heavy atom. The summed E-state index contributed by atoms with van der Waals surface area (Å²) < 4.78 is 1.05. The van der Waals surface area contributed by atoms with Crippen LogP contribution in [-0.2, 0) is 0 Å². The molecule has 26 heavy (non-hydrogen) atoms. The summed E-state index contributed by atoms with van der Waals surface area (Å²) >= 11 is 1.63. The Morgan fingerprint density at radius 3 is 3.08 bits per heavy atom. The van der Waals surface area contributed by atoms with Crippen LogP contribution in [0.25, 0.3) is 21.6 Å². The zero-order valence-corrected chi connectivity index (χ0v) is 15.1. The molecule has 1 saturated heterocycles. The third-order valence-corrected chi connectivity index (χ3v) is 5.10. The Bertz CT molecular complexity index is 936. The van der Waals surface area contributed by atoms with Crippen molar-refractivity contribution in [3.05, 3.63) is 29.8 Å². The fourth-order valence-corrected chi connectivity index (χ4v) is 3.66. The summed E-state index contributed by atoms with van der Waals surface area (Å²) in [4.78, 5) is 25.1. The average Bonchev–Trinajstić information content (AvgIpc) is 3.33. The summed E-state index contributed by atoms with van der Waals surface area (Å²) in [5.74, 6) is 1.91. The van der Waals surface area contributed by atoms with Gasteiger partial charge in [-0.1, -0.05) is 0 Å². The molecular formula is C17H19N7OS. The maximum absolute atomic E-state index is 11.5. The lowest BCUT2D eigenvalue weighted by molar-refractivity contribution is 0.254. The predicted molar refractivity (Wildman–Crippen MR) is 104 cm³/mol. The molecule has 0 spiro atoms. The monoisotopic (exact) mass is 369 g/mol. The van der Waals surface area contributed by atoms with E-state index in [1.165, 1.54) is 0 Å². The van der Waals surface area contributed by atoms with E-state index in [0.717, 1.165) is 41.1 Å². The van der Waals surface area contributed by atoms with Crippen molar-refractivity contribution in [2.45, 2.75) is 12.5 Å². The number of hydrogen-bond acceptors (Lipinski definition) is 7. The van der Waals surface area contributed by atoms with Crippen LogP contribution in [0.3, 0.4) is 0 Å². The second kappa shape index (κ2) is 7.22. The molecule has 3 aromatic heterocycles. The number of thiophene rings is 1. The summed E-state index contributed by atoms with van der Waals surface area (Å²) in [5, 5.41) is 14.1. The van der Waals surface area contributed by atoms with Crippen molar-refractivity contribution in [3.63, 3.8) is 0 Å². The Hall–Kier alpha value is -2.78. The van der Waals surface area contributed by atoms with Crippen molar-refractivity contribution >= 4 is 39.2 Å². The molecule has 4 heterocycles. The topological polar surface area (TPSA) is 104 Å². The Labute approximate surface area is 154 Å². The second-order valence-electron chi connectivity index (χ2n) is 6.00. The number of nitrogens with one attached hydrogen (secondary N) is 4. The van der Waals surface area contributed by atoms with Gasteiger partial charge in [0.2, 0.25) is 0 Å². The van der Waals surface area contributed by atoms with Gasteiger partial charge in [-0.2, -0.15) is 0 Å². The van der Waals surface area contributed by atoms with Crippen molar-refractivity contribution in [1.82, 2.24) is 25.6 Å². The highest BCUT2D eigenvalue weighted by molar-refractivity contribution is 7.17. The zero-order chi connectivity index (χ0) is 17.9. The normalized spacial score (nSPS) is 16.6. The van der Waals surface area contributed by atoms with Gasteiger partial charge >= 0.3 is 6.03 Å². The molecule has 2 amide bonds. The number of carbonyl (C=O) groups is 1. The van der Waals surface area contributed by atoms with E-state index >= 15 is 0 Å². The van der Waals surface area contributed by atoms with Crippen LogP contribution in [0.2, 0.25) is 0 Å². The molecule has 1 unspecified atom stereocenters. The van der Waals surface area contributed by atoms with E-state index in [2.05, 4.69) is 31.2 Å². The molecule has 1 aliphatic rings. The number of amides is 2. The first-order valence-electron chi connectivity index (χ1n) is 8.40. The molecule has 1 fully saturated rings. The van der Waals surface area contributed by atoms with Gasteiger partial charge < -0.3 is 16.0 Å². The number of nitrogens with zero attached hydrogens (tertiary/aromatic N) is 3. The van der Waals surface area contributed by atoms with E-state index < -0.39 is 0 Å². The smallest absolute Gasteiger partial charge is 0.320 e. The maximum Gasteiger partial charge on any atom is 0.320 e. The first-order chi connectivity index (χ1) is 12.7. The summed E-state index contributed by atoms with van der Waals surface area (Å²) in [6.45, 7) is 1.95. The highest BCUT2D eigenvalue weighted by Crippen LogP contribution is 2.30. The van der Waals surface area contributed by atoms with Crippen LogP contribution in [0.5, 0.6) is 0 Å². The molecule has 4 rings (SSSR count). The van der Waals surface area contributed by atoms with Gasteiger partial charge in [-0.05, 0) is 36.5 Å². The maximum atomic E-state index is 11.5. The standard InChI is InChI=1S/C17H19N7OS/c1-18-17(25)23-13-8-10(2-6-20-13)15-22-12-4-7-26-14(12)16(24-15)21-11-3-5-19-9-11/h2,4,6-8,11,19H,3,5,9H2,1H3,(H,21,22,24)(H2,18,20,23,25). The zero-order valence-electron chi connectivity index (χ0n) is 14.2. The van der Waals surface area contributed by atoms with Crippen molar-refractivity contribution in [3.8, 4) is 11.4 Å². The van der Waals surface area contributed by atoms with Crippen LogP contribution in [-0.4, -0.2) is 47.2 Å². The van der Waals surface area contributed by atoms with Gasteiger partial charge in [0.15, 0.2) is 5.82 Å². The number of anilines is 2. The number of hydrogen-bond donors (Lipinski definition) is 4. The number of fused-ring (bicyclic) bond motifs is 1. The number of pyridine rings is 1. The molecule has 0 aromatic carbocycles. The van der Waals surface area contributed by atoms with Gasteiger partial charge in [-0.3, -0.25) is 5.32 Å². The Balaban J connectivity index is 1.70. The van der Waals surface area contributed by atoms with Crippen molar-refractivity contribution < 1.29 is 4.79 Å². The Morgan fingerprint density at radius 2 is 2.27 bits per heavy atom. The van der Waals surface area contributed by atoms with Crippen LogP contribution in [0.15, 0.2) is 29.8 Å². The minimum Gasteiger partial charge on any atom is -0.365 e. The Kier molecular flexibility index (Phi) is 4.63. The predicted octanol–water partition coefficient (Wildman–Crippen LogP) is 2.28. The number of carbonyl (C=O) groups excluding carboxylic acids is 1. The molecule has 8 nitrogen and oxygen atoms in total. The minimum absolute atomic E-state index is 0.319. The van der Waals surface area contributed by atoms with Crippen molar-refractivity contribution in [1.29, 1.82) is 0 Å². The number of urea groups is 1. The van der Waals surface area contributed by atoms with Gasteiger partial charge in [0.25, 0.3) is 0 Å². The lowest BCUT2D eigenvalue weighted by Crippen LogP contribution is -2.24. The molecule has 1 atom stereocenters. The molecule has 0 saturated carbocycles. The van der Waals surface area contributed by atoms with Gasteiger partial charge in [-0.25, -0.2) is 19.7 Å². The van der Waals surface area contributed by atoms with E-state index in [4.69, 9.17) is 4.98 Å². The summed E-state index contributed by atoms with van der Waals surface area (Å²) in [5.41, 5.74) is 1.71. The molecule has 4 N–H and O–H groups in total. The first-order valence-corrected chi connectivity index (χ1v) is 9.28. The molecular weight excluding hydrogens is 350 g/mol. The van der Waals surface area contributed by atoms with E-state index in [-0.39, 0.29) is 6.03 Å². The van der Waals surface area contributed by atoms with Gasteiger partial charge in [-0.15, -0.1) is 11.3 Å². The molecule has 1 aliphatic heterocycles. The molecule has 9 heteroatoms. The fraction of sp³-hybridized carbons (Fsp3) is 0.294. The fourth-order valence-electron chi connectivity index (χ4n) is 2.88. The third kappa shape index (κ3) is 3.44. The molecule has 3 aromatic rings. The largest absolute Gasteiger partial charge is 0.365 e. The van der Waals surface area contributed by atoms with E-state index in [1.54, 1.807) is 30.6 Å². The van der Waals surface area contributed by atoms with Crippen LogP contribution < -0.4 is 21.3 Å². The minimum atomic E-state index is -0.319. The number of rotatable bonds is 4. The van der Waals surface area contributed by atoms with Gasteiger partial charge in [0.05, 0.1) is 10.2 Å². The van der Waals surface area contributed by atoms with Gasteiger partial charge in [0.1, 0.15) is 11.6 Å². The molecule has 134 valence electrons. The van der Waals surface area contributed by atoms with Crippen LogP contribution in [0, 0.1) is 0 Å². The first kappa shape index (κ1) is 16.7. The van der Waals surface area contributed by atoms with Crippen molar-refractivity contribution in [2.24, 2.45) is 0 Å². The molecule has 0 aliphatic carbocycles. The quantitative estimate of drug-likeness (QED) is 0.562. The summed E-state index contributed by atoms with van der Waals surface area (Å²) in [6, 6.07) is 5.65. The SMILES string of the molecule is CNC(=O)Nc1cc(-c2nc(NC3CCNC3)c3sccc3n2)ccn1. The molecule has 0 bridgehead atoms. The average molecular weight is 369 g/mol. The summed E-state index contributed by atoms with van der Waals surface area (Å²) in [6.07, 6.45) is 2.71. The molecule has 0 radical (unpaired) electrons. The number of aromatic nitrogens is 3. The van der Waals surface area contributed by atoms with Crippen LogP contribution in [0.1, 0.15) is 6.42 Å². The third-order valence-electron chi connectivity index (χ3n) is 4.19. The van der Waals surface area contributed by atoms with E-state index in [1.807, 2.05) is 17.5 Å². The second-order valence-corrected chi connectivity index (χ2v) is 6.91. The van der Waals surface area contributed by atoms with E-state index in [9.17, 15) is 4.79 Å².